The lowest BCUT2D eigenvalue weighted by atomic mass is 10.1. The number of rotatable bonds is 3. The van der Waals surface area contributed by atoms with Crippen LogP contribution in [0.2, 0.25) is 0 Å². The van der Waals surface area contributed by atoms with Crippen molar-refractivity contribution in [3.63, 3.8) is 0 Å². The number of hydrogen-bond acceptors (Lipinski definition) is 4. The third kappa shape index (κ3) is 3.13. The summed E-state index contributed by atoms with van der Waals surface area (Å²) in [6.45, 7) is 1.20. The number of nitriles is 1. The van der Waals surface area contributed by atoms with E-state index in [-0.39, 0.29) is 30.0 Å². The van der Waals surface area contributed by atoms with Gasteiger partial charge in [-0.2, -0.15) is 18.4 Å². The van der Waals surface area contributed by atoms with Crippen LogP contribution in [-0.2, 0) is 19.1 Å². The molecule has 0 unspecified atom stereocenters. The largest absolute Gasteiger partial charge is 0.433 e. The smallest absolute Gasteiger partial charge is 0.281 e. The molecule has 0 aliphatic rings. The number of terminal acetylenes is 1. The monoisotopic (exact) mass is 332 g/mol. The van der Waals surface area contributed by atoms with E-state index in [4.69, 9.17) is 11.7 Å². The summed E-state index contributed by atoms with van der Waals surface area (Å²) in [4.78, 5) is 19.8. The van der Waals surface area contributed by atoms with Gasteiger partial charge in [0.05, 0.1) is 6.54 Å². The van der Waals surface area contributed by atoms with Crippen LogP contribution >= 0.6 is 0 Å². The zero-order valence-corrected chi connectivity index (χ0v) is 12.6. The Morgan fingerprint density at radius 3 is 2.67 bits per heavy atom. The Balaban J connectivity index is 2.88. The Kier molecular flexibility index (Phi) is 4.70. The average Bonchev–Trinajstić information content (AvgIpc) is 2.55. The van der Waals surface area contributed by atoms with Crippen molar-refractivity contribution in [1.82, 2.24) is 14.5 Å². The van der Waals surface area contributed by atoms with Gasteiger partial charge in [0.25, 0.3) is 5.56 Å². The quantitative estimate of drug-likeness (QED) is 0.809. The van der Waals surface area contributed by atoms with Gasteiger partial charge in [0.2, 0.25) is 0 Å². The minimum absolute atomic E-state index is 0.0119. The second-order valence-electron chi connectivity index (χ2n) is 4.75. The molecule has 0 saturated carbocycles. The van der Waals surface area contributed by atoms with Gasteiger partial charge in [-0.25, -0.2) is 9.97 Å². The first-order chi connectivity index (χ1) is 11.3. The fourth-order valence-corrected chi connectivity index (χ4v) is 2.24. The Labute approximate surface area is 135 Å². The van der Waals surface area contributed by atoms with Crippen LogP contribution in [0.5, 0.6) is 0 Å². The number of hydrogen-bond donors (Lipinski definition) is 0. The molecule has 0 N–H and O–H groups in total. The lowest BCUT2D eigenvalue weighted by molar-refractivity contribution is -0.142. The predicted octanol–water partition coefficient (Wildman–Crippen LogP) is 2.39. The Hall–Kier alpha value is -3.13. The Bertz CT molecular complexity index is 917. The van der Waals surface area contributed by atoms with Gasteiger partial charge < -0.3 is 0 Å². The molecule has 0 aliphatic heterocycles. The fourth-order valence-electron chi connectivity index (χ4n) is 2.24. The maximum atomic E-state index is 13.3. The van der Waals surface area contributed by atoms with E-state index in [1.54, 1.807) is 6.07 Å². The van der Waals surface area contributed by atoms with Crippen LogP contribution in [0, 0.1) is 23.7 Å². The highest BCUT2D eigenvalue weighted by Gasteiger charge is 2.37. The summed E-state index contributed by atoms with van der Waals surface area (Å²) in [5.74, 6) is 1.99. The number of halogens is 3. The lowest BCUT2D eigenvalue weighted by Gasteiger charge is -2.16. The van der Waals surface area contributed by atoms with Crippen LogP contribution in [-0.4, -0.2) is 14.5 Å². The molecule has 24 heavy (non-hydrogen) atoms. The molecule has 2 heterocycles. The number of nitrogens with zero attached hydrogens (tertiary/aromatic N) is 4. The minimum atomic E-state index is -4.78. The fraction of sp³-hybridized carbons (Fsp3) is 0.250. The first-order valence-electron chi connectivity index (χ1n) is 6.84. The zero-order valence-electron chi connectivity index (χ0n) is 12.6. The maximum absolute atomic E-state index is 13.3. The highest BCUT2D eigenvalue weighted by atomic mass is 19.4. The maximum Gasteiger partial charge on any atom is 0.433 e. The summed E-state index contributed by atoms with van der Waals surface area (Å²) < 4.78 is 40.8. The third-order valence-corrected chi connectivity index (χ3v) is 3.27. The van der Waals surface area contributed by atoms with E-state index in [0.29, 0.717) is 0 Å². The Morgan fingerprint density at radius 2 is 2.12 bits per heavy atom. The molecule has 2 aromatic heterocycles. The second kappa shape index (κ2) is 6.55. The topological polar surface area (TPSA) is 71.6 Å². The minimum Gasteiger partial charge on any atom is -0.281 e. The molecule has 0 bridgehead atoms. The Morgan fingerprint density at radius 1 is 1.42 bits per heavy atom. The summed E-state index contributed by atoms with van der Waals surface area (Å²) in [6.07, 6.45) is 1.56. The summed E-state index contributed by atoms with van der Waals surface area (Å²) in [5, 5.41) is 8.89. The molecule has 8 heteroatoms. The molecule has 0 aliphatic carbocycles. The van der Waals surface area contributed by atoms with Gasteiger partial charge >= 0.3 is 6.18 Å². The molecule has 0 radical (unpaired) electrons. The van der Waals surface area contributed by atoms with Crippen LogP contribution in [0.3, 0.4) is 0 Å². The van der Waals surface area contributed by atoms with Crippen molar-refractivity contribution >= 4 is 0 Å². The van der Waals surface area contributed by atoms with Crippen molar-refractivity contribution in [1.29, 1.82) is 5.26 Å². The normalized spacial score (nSPS) is 10.9. The van der Waals surface area contributed by atoms with Gasteiger partial charge in [0, 0.05) is 17.3 Å². The van der Waals surface area contributed by atoms with Gasteiger partial charge in [-0.05, 0) is 18.6 Å². The van der Waals surface area contributed by atoms with Gasteiger partial charge in [-0.15, -0.1) is 6.42 Å². The van der Waals surface area contributed by atoms with Crippen molar-refractivity contribution in [2.45, 2.75) is 26.1 Å². The van der Waals surface area contributed by atoms with Gasteiger partial charge in [-0.3, -0.25) is 9.36 Å². The van der Waals surface area contributed by atoms with E-state index in [0.717, 1.165) is 4.57 Å². The van der Waals surface area contributed by atoms with Crippen LogP contribution in [0.1, 0.15) is 23.9 Å². The van der Waals surface area contributed by atoms with E-state index in [1.165, 1.54) is 25.3 Å². The molecule has 0 atom stereocenters. The molecule has 0 amide bonds. The first kappa shape index (κ1) is 17.2. The summed E-state index contributed by atoms with van der Waals surface area (Å²) >= 11 is 0. The number of aromatic nitrogens is 3. The molecule has 2 rings (SSSR count). The van der Waals surface area contributed by atoms with Gasteiger partial charge in [0.15, 0.2) is 5.69 Å². The highest BCUT2D eigenvalue weighted by molar-refractivity contribution is 5.57. The molecular weight excluding hydrogens is 321 g/mol. The molecule has 0 spiro atoms. The molecule has 122 valence electrons. The summed E-state index contributed by atoms with van der Waals surface area (Å²) in [7, 11) is 0. The van der Waals surface area contributed by atoms with E-state index < -0.39 is 23.0 Å². The van der Waals surface area contributed by atoms with Crippen LogP contribution in [0.25, 0.3) is 11.4 Å². The third-order valence-electron chi connectivity index (χ3n) is 3.27. The number of pyridine rings is 1. The molecule has 0 fully saturated rings. The van der Waals surface area contributed by atoms with E-state index in [2.05, 4.69) is 15.9 Å². The standard InChI is InChI=1S/C16H11F3N4O/c1-3-7-23-14(10-5-6-21-11(8-10)9-20)22-13(16(17,18)19)12(4-2)15(23)24/h1,5-6,8H,4,7H2,2H3. The van der Waals surface area contributed by atoms with Crippen LogP contribution < -0.4 is 5.56 Å². The lowest BCUT2D eigenvalue weighted by Crippen LogP contribution is -2.31. The molecular formula is C16H11F3N4O. The van der Waals surface area contributed by atoms with Gasteiger partial charge in [0.1, 0.15) is 17.6 Å². The summed E-state index contributed by atoms with van der Waals surface area (Å²) in [5.41, 5.74) is -2.39. The predicted molar refractivity (Wildman–Crippen MR) is 79.7 cm³/mol. The van der Waals surface area contributed by atoms with Crippen LogP contribution in [0.15, 0.2) is 23.1 Å². The SMILES string of the molecule is C#CCn1c(-c2ccnc(C#N)c2)nc(C(F)(F)F)c(CC)c1=O. The van der Waals surface area contributed by atoms with Gasteiger partial charge in [-0.1, -0.05) is 12.8 Å². The highest BCUT2D eigenvalue weighted by Crippen LogP contribution is 2.31. The summed E-state index contributed by atoms with van der Waals surface area (Å²) in [6, 6.07) is 4.39. The van der Waals surface area contributed by atoms with Crippen LogP contribution in [0.4, 0.5) is 13.2 Å². The average molecular weight is 332 g/mol. The van der Waals surface area contributed by atoms with Crippen molar-refractivity contribution in [3.8, 4) is 29.8 Å². The van der Waals surface area contributed by atoms with Crippen molar-refractivity contribution in [2.75, 3.05) is 0 Å². The molecule has 2 aromatic rings. The van der Waals surface area contributed by atoms with E-state index in [9.17, 15) is 18.0 Å². The van der Waals surface area contributed by atoms with Crippen molar-refractivity contribution < 1.29 is 13.2 Å². The number of alkyl halides is 3. The van der Waals surface area contributed by atoms with E-state index >= 15 is 0 Å². The van der Waals surface area contributed by atoms with E-state index in [1.807, 2.05) is 0 Å². The first-order valence-corrected chi connectivity index (χ1v) is 6.84. The van der Waals surface area contributed by atoms with Crippen molar-refractivity contribution in [3.05, 3.63) is 45.6 Å². The van der Waals surface area contributed by atoms with Crippen molar-refractivity contribution in [2.24, 2.45) is 0 Å². The molecule has 0 saturated heterocycles. The second-order valence-corrected chi connectivity index (χ2v) is 4.75. The molecule has 5 nitrogen and oxygen atoms in total. The zero-order chi connectivity index (χ0) is 17.9. The molecule has 0 aromatic carbocycles.